The van der Waals surface area contributed by atoms with Gasteiger partial charge in [0, 0.05) is 0 Å². The number of nitriles is 3. The van der Waals surface area contributed by atoms with Crippen LogP contribution in [0.3, 0.4) is 0 Å². The van der Waals surface area contributed by atoms with Gasteiger partial charge in [-0.2, -0.15) is 15.8 Å². The first-order valence-electron chi connectivity index (χ1n) is 3.59. The Labute approximate surface area is 79.3 Å². The molecular formula is C8H4N4O2. The molecule has 0 fully saturated rings. The molecule has 1 unspecified atom stereocenters. The SMILES string of the molecule is N#CC1=C(O)C(=O)NC1C(C#N)C#N. The zero-order valence-corrected chi connectivity index (χ0v) is 6.85. The smallest absolute Gasteiger partial charge is 0.287 e. The minimum atomic E-state index is -1.17. The molecule has 14 heavy (non-hydrogen) atoms. The first kappa shape index (κ1) is 9.57. The van der Waals surface area contributed by atoms with Crippen molar-refractivity contribution in [3.05, 3.63) is 11.3 Å². The van der Waals surface area contributed by atoms with Gasteiger partial charge in [0.1, 0.15) is 11.6 Å². The van der Waals surface area contributed by atoms with Gasteiger partial charge in [0.05, 0.1) is 18.2 Å². The van der Waals surface area contributed by atoms with E-state index < -0.39 is 23.6 Å². The summed E-state index contributed by atoms with van der Waals surface area (Å²) >= 11 is 0. The monoisotopic (exact) mass is 188 g/mol. The highest BCUT2D eigenvalue weighted by Gasteiger charge is 2.37. The zero-order valence-electron chi connectivity index (χ0n) is 6.85. The highest BCUT2D eigenvalue weighted by Crippen LogP contribution is 2.20. The van der Waals surface area contributed by atoms with E-state index in [0.717, 1.165) is 0 Å². The Morgan fingerprint density at radius 2 is 1.93 bits per heavy atom. The normalized spacial score (nSPS) is 19.9. The van der Waals surface area contributed by atoms with E-state index >= 15 is 0 Å². The third kappa shape index (κ3) is 1.24. The molecule has 0 aromatic rings. The molecule has 0 saturated heterocycles. The van der Waals surface area contributed by atoms with Gasteiger partial charge in [0.2, 0.25) is 0 Å². The van der Waals surface area contributed by atoms with E-state index in [0.29, 0.717) is 0 Å². The van der Waals surface area contributed by atoms with Gasteiger partial charge < -0.3 is 10.4 Å². The summed E-state index contributed by atoms with van der Waals surface area (Å²) in [6, 6.07) is 3.82. The number of nitrogens with one attached hydrogen (secondary N) is 1. The lowest BCUT2D eigenvalue weighted by Gasteiger charge is -2.09. The third-order valence-corrected chi connectivity index (χ3v) is 1.80. The molecular weight excluding hydrogens is 184 g/mol. The maximum absolute atomic E-state index is 10.9. The van der Waals surface area contributed by atoms with Crippen LogP contribution in [0, 0.1) is 39.9 Å². The van der Waals surface area contributed by atoms with Crippen LogP contribution < -0.4 is 5.32 Å². The maximum atomic E-state index is 10.9. The van der Waals surface area contributed by atoms with Crippen LogP contribution in [0.4, 0.5) is 0 Å². The molecule has 6 nitrogen and oxygen atoms in total. The van der Waals surface area contributed by atoms with Crippen molar-refractivity contribution >= 4 is 5.91 Å². The highest BCUT2D eigenvalue weighted by molar-refractivity contribution is 5.96. The summed E-state index contributed by atoms with van der Waals surface area (Å²) in [6.07, 6.45) is 0. The van der Waals surface area contributed by atoms with E-state index in [-0.39, 0.29) is 5.57 Å². The molecule has 1 amide bonds. The highest BCUT2D eigenvalue weighted by atomic mass is 16.3. The Bertz CT molecular complexity index is 418. The topological polar surface area (TPSA) is 121 Å². The van der Waals surface area contributed by atoms with E-state index in [1.165, 1.54) is 0 Å². The molecule has 1 heterocycles. The summed E-state index contributed by atoms with van der Waals surface area (Å²) in [5.74, 6) is -2.71. The van der Waals surface area contributed by atoms with Crippen LogP contribution in [0.1, 0.15) is 0 Å². The van der Waals surface area contributed by atoms with E-state index in [1.54, 1.807) is 18.2 Å². The molecule has 0 bridgehead atoms. The molecule has 1 aliphatic heterocycles. The van der Waals surface area contributed by atoms with Crippen molar-refractivity contribution in [2.75, 3.05) is 0 Å². The number of rotatable bonds is 1. The van der Waals surface area contributed by atoms with Crippen molar-refractivity contribution in [3.8, 4) is 18.2 Å². The molecule has 1 rings (SSSR count). The first-order chi connectivity index (χ1) is 6.65. The van der Waals surface area contributed by atoms with Gasteiger partial charge >= 0.3 is 0 Å². The summed E-state index contributed by atoms with van der Waals surface area (Å²) in [7, 11) is 0. The summed E-state index contributed by atoms with van der Waals surface area (Å²) in [5.41, 5.74) is -0.261. The second kappa shape index (κ2) is 3.47. The molecule has 1 aliphatic rings. The summed E-state index contributed by atoms with van der Waals surface area (Å²) < 4.78 is 0. The molecule has 6 heteroatoms. The van der Waals surface area contributed by atoms with Crippen LogP contribution in [0.15, 0.2) is 11.3 Å². The lowest BCUT2D eigenvalue weighted by atomic mass is 9.98. The molecule has 2 N–H and O–H groups in total. The van der Waals surface area contributed by atoms with E-state index in [1.807, 2.05) is 0 Å². The number of hydrogen-bond donors (Lipinski definition) is 2. The summed E-state index contributed by atoms with van der Waals surface area (Å²) in [4.78, 5) is 10.9. The Morgan fingerprint density at radius 1 is 1.36 bits per heavy atom. The number of amides is 1. The van der Waals surface area contributed by atoms with E-state index in [2.05, 4.69) is 5.32 Å². The van der Waals surface area contributed by atoms with Crippen LogP contribution in [0.2, 0.25) is 0 Å². The molecule has 0 saturated carbocycles. The Balaban J connectivity index is 3.10. The predicted molar refractivity (Wildman–Crippen MR) is 41.9 cm³/mol. The second-order valence-corrected chi connectivity index (χ2v) is 2.56. The summed E-state index contributed by atoms with van der Waals surface area (Å²) in [6.45, 7) is 0. The van der Waals surface area contributed by atoms with Crippen molar-refractivity contribution in [1.82, 2.24) is 5.32 Å². The van der Waals surface area contributed by atoms with Crippen molar-refractivity contribution in [1.29, 1.82) is 15.8 Å². The standard InChI is InChI=1S/C8H4N4O2/c9-1-4(2-10)6-5(3-11)7(13)8(14)12-6/h4,6,13H,(H,12,14). The fraction of sp³-hybridized carbons (Fsp3) is 0.250. The minimum Gasteiger partial charge on any atom is -0.502 e. The molecule has 0 radical (unpaired) electrons. The third-order valence-electron chi connectivity index (χ3n) is 1.80. The van der Waals surface area contributed by atoms with Crippen LogP contribution in [-0.2, 0) is 4.79 Å². The molecule has 1 atom stereocenters. The minimum absolute atomic E-state index is 0.261. The average molecular weight is 188 g/mol. The maximum Gasteiger partial charge on any atom is 0.287 e. The van der Waals surface area contributed by atoms with E-state index in [9.17, 15) is 4.79 Å². The first-order valence-corrected chi connectivity index (χ1v) is 3.59. The van der Waals surface area contributed by atoms with Crippen molar-refractivity contribution in [2.24, 2.45) is 5.92 Å². The van der Waals surface area contributed by atoms with Gasteiger partial charge in [-0.3, -0.25) is 4.79 Å². The largest absolute Gasteiger partial charge is 0.502 e. The van der Waals surface area contributed by atoms with Crippen LogP contribution in [0.5, 0.6) is 0 Å². The zero-order chi connectivity index (χ0) is 10.7. The van der Waals surface area contributed by atoms with Gasteiger partial charge in [-0.25, -0.2) is 0 Å². The number of aliphatic hydroxyl groups is 1. The quantitative estimate of drug-likeness (QED) is 0.573. The van der Waals surface area contributed by atoms with Gasteiger partial charge in [-0.05, 0) is 0 Å². The van der Waals surface area contributed by atoms with Gasteiger partial charge in [-0.1, -0.05) is 0 Å². The lowest BCUT2D eigenvalue weighted by Crippen LogP contribution is -2.34. The van der Waals surface area contributed by atoms with Crippen molar-refractivity contribution in [3.63, 3.8) is 0 Å². The Morgan fingerprint density at radius 3 is 2.36 bits per heavy atom. The number of nitrogens with zero attached hydrogens (tertiary/aromatic N) is 3. The second-order valence-electron chi connectivity index (χ2n) is 2.56. The molecule has 0 aromatic heterocycles. The Kier molecular flexibility index (Phi) is 2.37. The summed E-state index contributed by atoms with van der Waals surface area (Å²) in [5, 5.41) is 36.9. The van der Waals surface area contributed by atoms with Gasteiger partial charge in [0.15, 0.2) is 11.7 Å². The number of carbonyl (C=O) groups is 1. The molecule has 0 aromatic carbocycles. The number of hydrogen-bond acceptors (Lipinski definition) is 5. The van der Waals surface area contributed by atoms with Gasteiger partial charge in [-0.15, -0.1) is 0 Å². The van der Waals surface area contributed by atoms with Crippen LogP contribution >= 0.6 is 0 Å². The number of carbonyl (C=O) groups excluding carboxylic acids is 1. The Hall–Kier alpha value is -2.52. The van der Waals surface area contributed by atoms with Crippen LogP contribution in [-0.4, -0.2) is 17.1 Å². The van der Waals surface area contributed by atoms with E-state index in [4.69, 9.17) is 20.9 Å². The molecule has 0 aliphatic carbocycles. The number of aliphatic hydroxyl groups excluding tert-OH is 1. The van der Waals surface area contributed by atoms with Crippen molar-refractivity contribution in [2.45, 2.75) is 6.04 Å². The van der Waals surface area contributed by atoms with Crippen LogP contribution in [0.25, 0.3) is 0 Å². The fourth-order valence-electron chi connectivity index (χ4n) is 1.10. The van der Waals surface area contributed by atoms with Gasteiger partial charge in [0.25, 0.3) is 5.91 Å². The van der Waals surface area contributed by atoms with Crippen molar-refractivity contribution < 1.29 is 9.90 Å². The fourth-order valence-corrected chi connectivity index (χ4v) is 1.10. The lowest BCUT2D eigenvalue weighted by molar-refractivity contribution is -0.119. The molecule has 68 valence electrons. The molecule has 0 spiro atoms. The predicted octanol–water partition coefficient (Wildman–Crippen LogP) is -0.516. The average Bonchev–Trinajstić information content (AvgIpc) is 2.45.